The molecule has 192 valence electrons. The van der Waals surface area contributed by atoms with Crippen LogP contribution in [0.15, 0.2) is 84.1 Å². The second-order valence-corrected chi connectivity index (χ2v) is 8.43. The van der Waals surface area contributed by atoms with E-state index < -0.39 is 0 Å². The topological polar surface area (TPSA) is 96.8 Å². The van der Waals surface area contributed by atoms with E-state index in [9.17, 15) is 9.59 Å². The van der Waals surface area contributed by atoms with Crippen LogP contribution in [0, 0.1) is 0 Å². The minimum Gasteiger partial charge on any atom is -0.469 e. The summed E-state index contributed by atoms with van der Waals surface area (Å²) in [6, 6.07) is 16.6. The van der Waals surface area contributed by atoms with Crippen molar-refractivity contribution in [1.82, 2.24) is 14.9 Å². The Bertz CT molecular complexity index is 1210. The van der Waals surface area contributed by atoms with Crippen LogP contribution < -0.4 is 5.32 Å². The predicted octanol–water partition coefficient (Wildman–Crippen LogP) is 4.48. The van der Waals surface area contributed by atoms with Gasteiger partial charge in [-0.3, -0.25) is 29.4 Å². The van der Waals surface area contributed by atoms with Crippen molar-refractivity contribution < 1.29 is 14.3 Å². The van der Waals surface area contributed by atoms with Crippen LogP contribution in [0.25, 0.3) is 0 Å². The van der Waals surface area contributed by atoms with Crippen molar-refractivity contribution >= 4 is 23.3 Å². The molecule has 0 atom stereocenters. The van der Waals surface area contributed by atoms with E-state index in [1.54, 1.807) is 49.8 Å². The lowest BCUT2D eigenvalue weighted by Crippen LogP contribution is -2.29. The summed E-state index contributed by atoms with van der Waals surface area (Å²) in [5.74, 6) is -0.563. The number of pyridine rings is 2. The molecule has 3 rings (SSSR count). The van der Waals surface area contributed by atoms with Crippen LogP contribution in [0.4, 0.5) is 5.69 Å². The smallest absolute Gasteiger partial charge is 0.309 e. The Morgan fingerprint density at radius 2 is 1.78 bits per heavy atom. The summed E-state index contributed by atoms with van der Waals surface area (Å²) in [6.45, 7) is 3.98. The Labute approximate surface area is 218 Å². The molecule has 1 aromatic carbocycles. The third kappa shape index (κ3) is 9.09. The van der Waals surface area contributed by atoms with Gasteiger partial charge in [-0.2, -0.15) is 0 Å². The van der Waals surface area contributed by atoms with E-state index in [-0.39, 0.29) is 18.3 Å². The molecular formula is C29H33N5O3. The van der Waals surface area contributed by atoms with E-state index in [0.29, 0.717) is 30.9 Å². The molecule has 0 aliphatic rings. The number of carbonyl (C=O) groups is 2. The van der Waals surface area contributed by atoms with Gasteiger partial charge in [0, 0.05) is 50.5 Å². The molecule has 1 amide bonds. The average molecular weight is 500 g/mol. The van der Waals surface area contributed by atoms with Gasteiger partial charge in [-0.25, -0.2) is 0 Å². The molecular weight excluding hydrogens is 466 g/mol. The Hall–Kier alpha value is -4.17. The number of benzene rings is 1. The minimum atomic E-state index is -0.308. The number of nitrogens with one attached hydrogen (secondary N) is 1. The van der Waals surface area contributed by atoms with Crippen molar-refractivity contribution in [3.05, 3.63) is 102 Å². The SMILES string of the molecule is CC/C=C\C(CN(Cc1ccccn1)Cc1ccc(C(=O)Nc2ccc(CC(=O)OC)cc2)cn1)=N/C. The maximum atomic E-state index is 12.7. The largest absolute Gasteiger partial charge is 0.469 e. The lowest BCUT2D eigenvalue weighted by molar-refractivity contribution is -0.139. The second-order valence-electron chi connectivity index (χ2n) is 8.43. The van der Waals surface area contributed by atoms with Crippen molar-refractivity contribution in [2.24, 2.45) is 4.99 Å². The second kappa shape index (κ2) is 14.4. The predicted molar refractivity (Wildman–Crippen MR) is 145 cm³/mol. The monoisotopic (exact) mass is 499 g/mol. The van der Waals surface area contributed by atoms with Crippen LogP contribution in [0.5, 0.6) is 0 Å². The molecule has 3 aromatic rings. The molecule has 37 heavy (non-hydrogen) atoms. The number of nitrogens with zero attached hydrogens (tertiary/aromatic N) is 4. The first-order valence-electron chi connectivity index (χ1n) is 12.2. The van der Waals surface area contributed by atoms with Gasteiger partial charge in [0.15, 0.2) is 0 Å². The summed E-state index contributed by atoms with van der Waals surface area (Å²) >= 11 is 0. The highest BCUT2D eigenvalue weighted by atomic mass is 16.5. The quantitative estimate of drug-likeness (QED) is 0.291. The Morgan fingerprint density at radius 1 is 1.03 bits per heavy atom. The van der Waals surface area contributed by atoms with Gasteiger partial charge in [-0.15, -0.1) is 0 Å². The maximum absolute atomic E-state index is 12.7. The molecule has 2 heterocycles. The molecule has 0 fully saturated rings. The summed E-state index contributed by atoms with van der Waals surface area (Å²) < 4.78 is 4.68. The Balaban J connectivity index is 1.65. The number of amides is 1. The molecule has 0 saturated carbocycles. The van der Waals surface area contributed by atoms with Gasteiger partial charge in [0.05, 0.1) is 30.5 Å². The molecule has 8 nitrogen and oxygen atoms in total. The first-order chi connectivity index (χ1) is 18.0. The van der Waals surface area contributed by atoms with Gasteiger partial charge < -0.3 is 10.1 Å². The summed E-state index contributed by atoms with van der Waals surface area (Å²) in [4.78, 5) is 39.8. The van der Waals surface area contributed by atoms with E-state index in [1.165, 1.54) is 7.11 Å². The number of esters is 1. The highest BCUT2D eigenvalue weighted by molar-refractivity contribution is 6.04. The summed E-state index contributed by atoms with van der Waals surface area (Å²) in [5, 5.41) is 2.86. The van der Waals surface area contributed by atoms with Crippen molar-refractivity contribution in [2.75, 3.05) is 26.0 Å². The number of rotatable bonds is 12. The fourth-order valence-corrected chi connectivity index (χ4v) is 3.60. The summed E-state index contributed by atoms with van der Waals surface area (Å²) in [6.07, 6.45) is 8.66. The molecule has 0 saturated heterocycles. The number of hydrogen-bond acceptors (Lipinski definition) is 7. The fraction of sp³-hybridized carbons (Fsp3) is 0.276. The highest BCUT2D eigenvalue weighted by Crippen LogP contribution is 2.13. The van der Waals surface area contributed by atoms with Crippen LogP contribution in [-0.2, 0) is 29.0 Å². The standard InChI is InChI=1S/C29H33N5O3/c1-4-5-8-25(30-2)19-34(20-26-9-6-7-16-31-26)21-27-15-12-23(18-32-27)29(36)33-24-13-10-22(11-14-24)17-28(35)37-3/h5-16,18H,4,17,19-21H2,1-3H3,(H,33,36)/b8-5-,30-25+. The van der Waals surface area contributed by atoms with E-state index in [1.807, 2.05) is 30.3 Å². The first kappa shape index (κ1) is 27.4. The fourth-order valence-electron chi connectivity index (χ4n) is 3.60. The number of aromatic nitrogens is 2. The zero-order valence-electron chi connectivity index (χ0n) is 21.6. The third-order valence-corrected chi connectivity index (χ3v) is 5.59. The van der Waals surface area contributed by atoms with Crippen molar-refractivity contribution in [3.8, 4) is 0 Å². The molecule has 2 aromatic heterocycles. The normalized spacial score (nSPS) is 11.6. The average Bonchev–Trinajstić information content (AvgIpc) is 2.92. The molecule has 0 aliphatic carbocycles. The molecule has 8 heteroatoms. The minimum absolute atomic E-state index is 0.188. The number of methoxy groups -OCH3 is 1. The zero-order chi connectivity index (χ0) is 26.5. The van der Waals surface area contributed by atoms with Gasteiger partial charge in [0.2, 0.25) is 0 Å². The zero-order valence-corrected chi connectivity index (χ0v) is 21.6. The van der Waals surface area contributed by atoms with E-state index in [2.05, 4.69) is 42.9 Å². The van der Waals surface area contributed by atoms with Gasteiger partial charge in [0.25, 0.3) is 5.91 Å². The van der Waals surface area contributed by atoms with Crippen LogP contribution >= 0.6 is 0 Å². The first-order valence-corrected chi connectivity index (χ1v) is 12.2. The molecule has 0 bridgehead atoms. The van der Waals surface area contributed by atoms with E-state index in [4.69, 9.17) is 0 Å². The van der Waals surface area contributed by atoms with E-state index in [0.717, 1.165) is 29.1 Å². The van der Waals surface area contributed by atoms with Gasteiger partial charge in [0.1, 0.15) is 0 Å². The molecule has 1 N–H and O–H groups in total. The Kier molecular flexibility index (Phi) is 10.7. The lowest BCUT2D eigenvalue weighted by atomic mass is 10.1. The van der Waals surface area contributed by atoms with Gasteiger partial charge in [-0.05, 0) is 54.5 Å². The van der Waals surface area contributed by atoms with E-state index >= 15 is 0 Å². The third-order valence-electron chi connectivity index (χ3n) is 5.59. The number of hydrogen-bond donors (Lipinski definition) is 1. The van der Waals surface area contributed by atoms with Crippen molar-refractivity contribution in [3.63, 3.8) is 0 Å². The summed E-state index contributed by atoms with van der Waals surface area (Å²) in [7, 11) is 3.16. The van der Waals surface area contributed by atoms with Crippen LogP contribution in [0.3, 0.4) is 0 Å². The molecule has 0 aliphatic heterocycles. The van der Waals surface area contributed by atoms with Crippen molar-refractivity contribution in [1.29, 1.82) is 0 Å². The lowest BCUT2D eigenvalue weighted by Gasteiger charge is -2.22. The maximum Gasteiger partial charge on any atom is 0.309 e. The summed E-state index contributed by atoms with van der Waals surface area (Å²) in [5.41, 5.74) is 4.69. The van der Waals surface area contributed by atoms with Crippen molar-refractivity contribution in [2.45, 2.75) is 32.9 Å². The number of ether oxygens (including phenoxy) is 1. The number of anilines is 1. The Morgan fingerprint density at radius 3 is 2.38 bits per heavy atom. The van der Waals surface area contributed by atoms with Crippen LogP contribution in [-0.4, -0.2) is 53.2 Å². The number of aliphatic imine (C=N–C) groups is 1. The van der Waals surface area contributed by atoms with Crippen LogP contribution in [0.2, 0.25) is 0 Å². The molecule has 0 unspecified atom stereocenters. The van der Waals surface area contributed by atoms with Gasteiger partial charge >= 0.3 is 5.97 Å². The van der Waals surface area contributed by atoms with Gasteiger partial charge in [-0.1, -0.05) is 31.2 Å². The molecule has 0 radical (unpaired) electrons. The number of carbonyl (C=O) groups excluding carboxylic acids is 2. The molecule has 0 spiro atoms. The highest BCUT2D eigenvalue weighted by Gasteiger charge is 2.13. The van der Waals surface area contributed by atoms with Crippen LogP contribution in [0.1, 0.15) is 40.7 Å². The number of allylic oxidation sites excluding steroid dienone is 1.